The summed E-state index contributed by atoms with van der Waals surface area (Å²) in [6.07, 6.45) is 6.82. The molecule has 0 aliphatic heterocycles. The van der Waals surface area contributed by atoms with Gasteiger partial charge >= 0.3 is 53.1 Å². The van der Waals surface area contributed by atoms with Gasteiger partial charge in [-0.15, -0.1) is 11.1 Å². The van der Waals surface area contributed by atoms with E-state index in [1.54, 1.807) is 27.4 Å². The Morgan fingerprint density at radius 3 is 2.07 bits per heavy atom. The Hall–Kier alpha value is 0.0831. The van der Waals surface area contributed by atoms with Gasteiger partial charge in [0.25, 0.3) is 0 Å². The Morgan fingerprint density at radius 2 is 1.54 bits per heavy atom. The summed E-state index contributed by atoms with van der Waals surface area (Å²) < 4.78 is 3.98. The van der Waals surface area contributed by atoms with E-state index in [4.69, 9.17) is 0 Å². The summed E-state index contributed by atoms with van der Waals surface area (Å²) in [7, 11) is 0. The second-order valence-electron chi connectivity index (χ2n) is 6.45. The molecule has 0 radical (unpaired) electrons. The Balaban J connectivity index is 0.000000252. The smallest absolute Gasteiger partial charge is 0.172 e. The van der Waals surface area contributed by atoms with Crippen LogP contribution in [0.4, 0.5) is 0 Å². The van der Waals surface area contributed by atoms with Gasteiger partial charge in [0.15, 0.2) is 0 Å². The Kier molecular flexibility index (Phi) is 12.5. The molecule has 0 amide bonds. The molecule has 0 N–H and O–H groups in total. The minimum absolute atomic E-state index is 0. The minimum Gasteiger partial charge on any atom is -0.214 e. The largest absolute Gasteiger partial charge is 0.214 e. The maximum Gasteiger partial charge on any atom is -0.172 e. The van der Waals surface area contributed by atoms with E-state index >= 15 is 0 Å². The van der Waals surface area contributed by atoms with Gasteiger partial charge in [-0.05, 0) is 24.1 Å². The second-order valence-corrected chi connectivity index (χ2v) is 9.96. The Morgan fingerprint density at radius 1 is 0.893 bits per heavy atom. The van der Waals surface area contributed by atoms with E-state index in [9.17, 15) is 0 Å². The number of benzene rings is 2. The molecular formula is C23H20Br2Cl2Zr-2. The number of hydrogen-bond donors (Lipinski definition) is 0. The Bertz CT molecular complexity index is 802. The molecule has 0 nitrogen and oxygen atoms in total. The summed E-state index contributed by atoms with van der Waals surface area (Å²) in [5.41, 5.74) is 5.34. The fraction of sp³-hybridized carbons (Fsp3) is 0.217. The summed E-state index contributed by atoms with van der Waals surface area (Å²) >= 11 is 8.65. The molecule has 0 unspecified atom stereocenters. The van der Waals surface area contributed by atoms with Crippen LogP contribution in [0, 0.1) is 6.07 Å². The molecule has 2 aliphatic rings. The zero-order valence-corrected chi connectivity index (χ0v) is 22.5. The quantitative estimate of drug-likeness (QED) is 0.261. The van der Waals surface area contributed by atoms with Gasteiger partial charge in [0.1, 0.15) is 0 Å². The van der Waals surface area contributed by atoms with E-state index in [1.165, 1.54) is 47.9 Å². The topological polar surface area (TPSA) is 0 Å². The molecule has 3 aromatic rings. The van der Waals surface area contributed by atoms with Crippen molar-refractivity contribution in [1.82, 2.24) is 0 Å². The zero-order valence-electron chi connectivity index (χ0n) is 15.3. The molecule has 28 heavy (non-hydrogen) atoms. The van der Waals surface area contributed by atoms with Crippen molar-refractivity contribution in [3.05, 3.63) is 86.8 Å². The van der Waals surface area contributed by atoms with Crippen LogP contribution < -0.4 is 24.8 Å². The first-order valence-electron chi connectivity index (χ1n) is 8.86. The van der Waals surface area contributed by atoms with Crippen LogP contribution in [0.2, 0.25) is 0 Å². The maximum absolute atomic E-state index is 3.50. The maximum atomic E-state index is 3.50. The molecule has 5 rings (SSSR count). The van der Waals surface area contributed by atoms with Crippen LogP contribution in [0.1, 0.15) is 36.8 Å². The third-order valence-corrected chi connectivity index (χ3v) is 6.66. The standard InChI is InChI=1S/C13H7Br2.C5H8.C5H5.2ClH.Zr/c14-10-1-3-12-8(6-10)5-9-7-11(15)2-4-13(9)12;2*1-2-4-5-3-1;;;/h1-4,6H,5H2;1-4H2;1-5H;2*1H;/q-1;;-1;;;+2/p-2. The predicted octanol–water partition coefficient (Wildman–Crippen LogP) is 1.28. The number of fused-ring (bicyclic) bond motifs is 3. The first-order chi connectivity index (χ1) is 12.6. The summed E-state index contributed by atoms with van der Waals surface area (Å²) in [5, 5.41) is 0. The van der Waals surface area contributed by atoms with E-state index in [-0.39, 0.29) is 24.8 Å². The number of halogens is 4. The van der Waals surface area contributed by atoms with E-state index in [1.807, 2.05) is 30.3 Å². The number of hydrogen-bond acceptors (Lipinski definition) is 0. The fourth-order valence-electron chi connectivity index (χ4n) is 3.19. The van der Waals surface area contributed by atoms with E-state index in [2.05, 4.69) is 68.3 Å². The van der Waals surface area contributed by atoms with Crippen LogP contribution in [-0.4, -0.2) is 3.21 Å². The van der Waals surface area contributed by atoms with Crippen LogP contribution in [0.5, 0.6) is 0 Å². The van der Waals surface area contributed by atoms with E-state index in [0.717, 1.165) is 15.4 Å². The minimum atomic E-state index is 0. The Labute approximate surface area is 212 Å². The molecule has 0 heterocycles. The first kappa shape index (κ1) is 26.1. The van der Waals surface area contributed by atoms with Gasteiger partial charge in [0.2, 0.25) is 0 Å². The molecule has 0 spiro atoms. The average molecular weight is 618 g/mol. The van der Waals surface area contributed by atoms with Crippen molar-refractivity contribution in [3.8, 4) is 11.1 Å². The monoisotopic (exact) mass is 614 g/mol. The molecule has 0 atom stereocenters. The fourth-order valence-corrected chi connectivity index (χ4v) is 4.84. The van der Waals surface area contributed by atoms with Crippen molar-refractivity contribution in [1.29, 1.82) is 0 Å². The molecule has 1 saturated carbocycles. The summed E-state index contributed by atoms with van der Waals surface area (Å²) in [6.45, 7) is 0. The van der Waals surface area contributed by atoms with Gasteiger partial charge < -0.3 is 24.8 Å². The first-order valence-corrected chi connectivity index (χ1v) is 11.7. The van der Waals surface area contributed by atoms with Gasteiger partial charge in [-0.2, -0.15) is 36.4 Å². The second kappa shape index (κ2) is 13.4. The molecule has 1 fully saturated rings. The van der Waals surface area contributed by atoms with E-state index < -0.39 is 0 Å². The van der Waals surface area contributed by atoms with Crippen molar-refractivity contribution in [2.75, 3.05) is 0 Å². The van der Waals surface area contributed by atoms with Crippen LogP contribution in [0.3, 0.4) is 0 Å². The molecule has 5 heteroatoms. The molecule has 0 saturated heterocycles. The summed E-state index contributed by atoms with van der Waals surface area (Å²) in [4.78, 5) is 0. The van der Waals surface area contributed by atoms with Crippen molar-refractivity contribution < 1.29 is 49.0 Å². The van der Waals surface area contributed by atoms with Crippen molar-refractivity contribution >= 4 is 35.1 Å². The van der Waals surface area contributed by atoms with Gasteiger partial charge in [-0.3, -0.25) is 0 Å². The molecule has 2 aliphatic carbocycles. The van der Waals surface area contributed by atoms with Gasteiger partial charge in [-0.25, -0.2) is 12.1 Å². The van der Waals surface area contributed by atoms with Crippen molar-refractivity contribution in [2.45, 2.75) is 32.1 Å². The SMILES string of the molecule is Brc1[c-]c2c(cc1)-c1ccc(Br)cc1C2.[Cl-].[Cl-].[Zr+2]=[C]1CCCC1.c1cc[cH-]c1. The predicted molar refractivity (Wildman–Crippen MR) is 114 cm³/mol. The number of rotatable bonds is 0. The average Bonchev–Trinajstić information content (AvgIpc) is 3.37. The molecule has 0 bridgehead atoms. The third kappa shape index (κ3) is 7.73. The molecule has 146 valence electrons. The van der Waals surface area contributed by atoms with Crippen LogP contribution in [0.15, 0.2) is 69.6 Å². The zero-order chi connectivity index (χ0) is 18.4. The summed E-state index contributed by atoms with van der Waals surface area (Å²) in [5.74, 6) is 0. The van der Waals surface area contributed by atoms with Crippen LogP contribution in [-0.2, 0) is 30.7 Å². The van der Waals surface area contributed by atoms with Crippen molar-refractivity contribution in [3.63, 3.8) is 0 Å². The molecule has 3 aromatic carbocycles. The van der Waals surface area contributed by atoms with Gasteiger partial charge in [0.05, 0.1) is 0 Å². The molecule has 0 aromatic heterocycles. The third-order valence-electron chi connectivity index (χ3n) is 4.48. The van der Waals surface area contributed by atoms with Gasteiger partial charge in [0, 0.05) is 4.47 Å². The van der Waals surface area contributed by atoms with Gasteiger partial charge in [-0.1, -0.05) is 48.0 Å². The van der Waals surface area contributed by atoms with Crippen molar-refractivity contribution in [2.24, 2.45) is 0 Å². The molecular weight excluding hydrogens is 598 g/mol. The normalized spacial score (nSPS) is 12.9. The summed E-state index contributed by atoms with van der Waals surface area (Å²) in [6, 6.07) is 24.0. The van der Waals surface area contributed by atoms with Crippen LogP contribution in [0.25, 0.3) is 11.1 Å². The van der Waals surface area contributed by atoms with E-state index in [0.29, 0.717) is 0 Å². The van der Waals surface area contributed by atoms with Crippen LogP contribution >= 0.6 is 31.9 Å².